The summed E-state index contributed by atoms with van der Waals surface area (Å²) < 4.78 is 0. The maximum absolute atomic E-state index is 8.95. The molecule has 0 atom stereocenters. The van der Waals surface area contributed by atoms with Crippen LogP contribution in [0.3, 0.4) is 0 Å². The smallest absolute Gasteiger partial charge is 0.101 e. The van der Waals surface area contributed by atoms with Gasteiger partial charge in [-0.3, -0.25) is 0 Å². The van der Waals surface area contributed by atoms with Gasteiger partial charge in [-0.1, -0.05) is 25.5 Å². The Balaban J connectivity index is 2.15. The first kappa shape index (κ1) is 13.0. The van der Waals surface area contributed by atoms with Gasteiger partial charge >= 0.3 is 0 Å². The van der Waals surface area contributed by atoms with Crippen molar-refractivity contribution in [3.63, 3.8) is 0 Å². The van der Waals surface area contributed by atoms with Gasteiger partial charge in [-0.05, 0) is 42.3 Å². The van der Waals surface area contributed by atoms with E-state index >= 15 is 0 Å². The van der Waals surface area contributed by atoms with Crippen molar-refractivity contribution in [1.29, 1.82) is 5.26 Å². The molecular formula is C16H17N3. The van der Waals surface area contributed by atoms with Gasteiger partial charge in [-0.2, -0.15) is 5.26 Å². The Morgan fingerprint density at radius 2 is 1.79 bits per heavy atom. The highest BCUT2D eigenvalue weighted by molar-refractivity contribution is 5.67. The summed E-state index contributed by atoms with van der Waals surface area (Å²) in [4.78, 5) is 0. The van der Waals surface area contributed by atoms with Gasteiger partial charge in [-0.15, -0.1) is 0 Å². The number of anilines is 3. The number of nitrogens with zero attached hydrogens (tertiary/aromatic N) is 1. The van der Waals surface area contributed by atoms with E-state index in [4.69, 9.17) is 11.0 Å². The van der Waals surface area contributed by atoms with E-state index in [9.17, 15) is 0 Å². The van der Waals surface area contributed by atoms with Crippen LogP contribution in [0.4, 0.5) is 17.1 Å². The van der Waals surface area contributed by atoms with Crippen molar-refractivity contribution >= 4 is 17.1 Å². The summed E-state index contributed by atoms with van der Waals surface area (Å²) in [7, 11) is 0. The van der Waals surface area contributed by atoms with Crippen molar-refractivity contribution in [2.24, 2.45) is 0 Å². The number of benzene rings is 2. The summed E-state index contributed by atoms with van der Waals surface area (Å²) in [5, 5.41) is 12.2. The van der Waals surface area contributed by atoms with E-state index in [1.54, 1.807) is 12.1 Å². The molecular weight excluding hydrogens is 234 g/mol. The lowest BCUT2D eigenvalue weighted by atomic mass is 10.1. The van der Waals surface area contributed by atoms with Crippen LogP contribution in [0.25, 0.3) is 0 Å². The molecule has 0 aliphatic carbocycles. The van der Waals surface area contributed by atoms with E-state index in [1.165, 1.54) is 5.56 Å². The van der Waals surface area contributed by atoms with Gasteiger partial charge in [0.05, 0.1) is 5.56 Å². The van der Waals surface area contributed by atoms with Gasteiger partial charge in [0, 0.05) is 17.1 Å². The quantitative estimate of drug-likeness (QED) is 0.812. The molecule has 0 aliphatic heterocycles. The average molecular weight is 251 g/mol. The zero-order chi connectivity index (χ0) is 13.7. The number of hydrogen-bond acceptors (Lipinski definition) is 3. The fourth-order valence-electron chi connectivity index (χ4n) is 1.94. The molecule has 96 valence electrons. The van der Waals surface area contributed by atoms with Crippen LogP contribution >= 0.6 is 0 Å². The van der Waals surface area contributed by atoms with Crippen LogP contribution in [0.5, 0.6) is 0 Å². The molecule has 0 heterocycles. The van der Waals surface area contributed by atoms with Crippen molar-refractivity contribution in [1.82, 2.24) is 0 Å². The van der Waals surface area contributed by atoms with Gasteiger partial charge in [0.25, 0.3) is 0 Å². The molecule has 0 radical (unpaired) electrons. The van der Waals surface area contributed by atoms with Crippen molar-refractivity contribution < 1.29 is 0 Å². The van der Waals surface area contributed by atoms with E-state index in [0.717, 1.165) is 24.2 Å². The number of hydrogen-bond donors (Lipinski definition) is 2. The Labute approximate surface area is 113 Å². The molecule has 3 heteroatoms. The first-order valence-corrected chi connectivity index (χ1v) is 6.38. The van der Waals surface area contributed by atoms with E-state index in [1.807, 2.05) is 18.2 Å². The Morgan fingerprint density at radius 1 is 1.11 bits per heavy atom. The number of nitrogens with two attached hydrogens (primary N) is 1. The van der Waals surface area contributed by atoms with Crippen molar-refractivity contribution in [3.8, 4) is 6.07 Å². The first-order valence-electron chi connectivity index (χ1n) is 6.38. The molecule has 2 aromatic rings. The molecule has 0 saturated heterocycles. The second kappa shape index (κ2) is 5.92. The van der Waals surface area contributed by atoms with Crippen LogP contribution in [-0.2, 0) is 6.42 Å². The van der Waals surface area contributed by atoms with E-state index in [2.05, 4.69) is 30.4 Å². The van der Waals surface area contributed by atoms with Gasteiger partial charge in [0.1, 0.15) is 6.07 Å². The minimum atomic E-state index is 0.493. The number of nitriles is 1. The number of nitrogens with one attached hydrogen (secondary N) is 1. The summed E-state index contributed by atoms with van der Waals surface area (Å²) in [5.74, 6) is 0. The monoisotopic (exact) mass is 251 g/mol. The summed E-state index contributed by atoms with van der Waals surface area (Å²) in [5.41, 5.74) is 9.91. The largest absolute Gasteiger partial charge is 0.398 e. The van der Waals surface area contributed by atoms with Gasteiger partial charge in [-0.25, -0.2) is 0 Å². The van der Waals surface area contributed by atoms with Crippen LogP contribution in [0.1, 0.15) is 24.5 Å². The molecule has 2 aromatic carbocycles. The Hall–Kier alpha value is -2.47. The third-order valence-corrected chi connectivity index (χ3v) is 2.96. The second-order valence-corrected chi connectivity index (χ2v) is 4.49. The minimum absolute atomic E-state index is 0.493. The summed E-state index contributed by atoms with van der Waals surface area (Å²) in [6.45, 7) is 2.17. The lowest BCUT2D eigenvalue weighted by molar-refractivity contribution is 0.922. The van der Waals surface area contributed by atoms with E-state index in [-0.39, 0.29) is 0 Å². The Bertz CT molecular complexity index is 594. The average Bonchev–Trinajstić information content (AvgIpc) is 2.43. The van der Waals surface area contributed by atoms with Crippen molar-refractivity contribution in [3.05, 3.63) is 53.6 Å². The second-order valence-electron chi connectivity index (χ2n) is 4.49. The Morgan fingerprint density at radius 3 is 2.42 bits per heavy atom. The molecule has 3 N–H and O–H groups in total. The number of aryl methyl sites for hydroxylation is 1. The predicted molar refractivity (Wildman–Crippen MR) is 79.3 cm³/mol. The molecule has 0 aromatic heterocycles. The molecule has 2 rings (SSSR count). The topological polar surface area (TPSA) is 61.8 Å². The summed E-state index contributed by atoms with van der Waals surface area (Å²) in [6, 6.07) is 15.8. The van der Waals surface area contributed by atoms with Crippen LogP contribution < -0.4 is 11.1 Å². The molecule has 3 nitrogen and oxygen atoms in total. The molecule has 0 saturated carbocycles. The molecule has 0 fully saturated rings. The van der Waals surface area contributed by atoms with Crippen LogP contribution in [-0.4, -0.2) is 0 Å². The minimum Gasteiger partial charge on any atom is -0.398 e. The van der Waals surface area contributed by atoms with Gasteiger partial charge in [0.2, 0.25) is 0 Å². The van der Waals surface area contributed by atoms with Gasteiger partial charge < -0.3 is 11.1 Å². The standard InChI is InChI=1S/C16H17N3/c1-2-3-12-4-6-14(7-5-12)19-15-8-9-16(18)13(10-15)11-17/h4-10,19H,2-3,18H2,1H3. The zero-order valence-electron chi connectivity index (χ0n) is 11.0. The third-order valence-electron chi connectivity index (χ3n) is 2.96. The zero-order valence-corrected chi connectivity index (χ0v) is 11.0. The molecule has 0 amide bonds. The van der Waals surface area contributed by atoms with E-state index in [0.29, 0.717) is 11.3 Å². The fraction of sp³-hybridized carbons (Fsp3) is 0.188. The highest BCUT2D eigenvalue weighted by atomic mass is 14.9. The normalized spacial score (nSPS) is 9.89. The van der Waals surface area contributed by atoms with Crippen LogP contribution in [0, 0.1) is 11.3 Å². The van der Waals surface area contributed by atoms with Crippen LogP contribution in [0.2, 0.25) is 0 Å². The predicted octanol–water partition coefficient (Wildman–Crippen LogP) is 3.84. The first-order chi connectivity index (χ1) is 9.22. The molecule has 0 unspecified atom stereocenters. The van der Waals surface area contributed by atoms with E-state index < -0.39 is 0 Å². The fourth-order valence-corrected chi connectivity index (χ4v) is 1.94. The maximum atomic E-state index is 8.95. The van der Waals surface area contributed by atoms with Crippen molar-refractivity contribution in [2.75, 3.05) is 11.1 Å². The number of rotatable bonds is 4. The Kier molecular flexibility index (Phi) is 4.04. The van der Waals surface area contributed by atoms with Gasteiger partial charge in [0.15, 0.2) is 0 Å². The lowest BCUT2D eigenvalue weighted by Crippen LogP contribution is -1.95. The lowest BCUT2D eigenvalue weighted by Gasteiger charge is -2.08. The molecule has 0 bridgehead atoms. The third kappa shape index (κ3) is 3.26. The maximum Gasteiger partial charge on any atom is 0.101 e. The number of nitrogen functional groups attached to an aromatic ring is 1. The van der Waals surface area contributed by atoms with Crippen molar-refractivity contribution in [2.45, 2.75) is 19.8 Å². The SMILES string of the molecule is CCCc1ccc(Nc2ccc(N)c(C#N)c2)cc1. The molecule has 19 heavy (non-hydrogen) atoms. The van der Waals surface area contributed by atoms with Crippen LogP contribution in [0.15, 0.2) is 42.5 Å². The summed E-state index contributed by atoms with van der Waals surface area (Å²) >= 11 is 0. The molecule has 0 spiro atoms. The molecule has 0 aliphatic rings. The highest BCUT2D eigenvalue weighted by Crippen LogP contribution is 2.21. The summed E-state index contributed by atoms with van der Waals surface area (Å²) in [6.07, 6.45) is 2.25. The highest BCUT2D eigenvalue weighted by Gasteiger charge is 2.01.